The van der Waals surface area contributed by atoms with Gasteiger partial charge < -0.3 is 0 Å². The molecule has 0 atom stereocenters. The quantitative estimate of drug-likeness (QED) is 0.239. The molecule has 0 aliphatic rings. The van der Waals surface area contributed by atoms with Crippen LogP contribution in [0.4, 0.5) is 0 Å². The maximum absolute atomic E-state index is 9.38. The summed E-state index contributed by atoms with van der Waals surface area (Å²) in [6, 6.07) is 0. The number of hydrogen-bond donors (Lipinski definition) is 0. The molecular formula is Cr6O21Pr2. The van der Waals surface area contributed by atoms with Gasteiger partial charge in [0.05, 0.1) is 0 Å². The number of rotatable bonds is 6. The molecule has 0 bridgehead atoms. The molecule has 0 aromatic rings. The molecule has 0 aliphatic heterocycles. The van der Waals surface area contributed by atoms with Crippen molar-refractivity contribution in [2.75, 3.05) is 0 Å². The predicted octanol–water partition coefficient (Wildman–Crippen LogP) is -8.78. The Balaban J connectivity index is -0.0000000960. The second-order valence-corrected chi connectivity index (χ2v) is 13.6. The summed E-state index contributed by atoms with van der Waals surface area (Å²) >= 11 is -36.4. The van der Waals surface area contributed by atoms with Gasteiger partial charge in [0, 0.05) is 0 Å². The molecule has 0 aromatic heterocycles. The Labute approximate surface area is 238 Å². The molecule has 0 N–H and O–H groups in total. The Bertz CT molecular complexity index is 854. The third-order valence-corrected chi connectivity index (χ3v) is 8.50. The predicted molar refractivity (Wildman–Crippen MR) is 11.5 cm³/mol. The maximum atomic E-state index is 9.38. The van der Waals surface area contributed by atoms with Gasteiger partial charge in [-0.15, -0.1) is 0 Å². The molecule has 21 nitrogen and oxygen atoms in total. The van der Waals surface area contributed by atoms with E-state index in [1.807, 2.05) is 0 Å². The molecule has 0 radical (unpaired) electrons. The molecule has 0 heterocycles. The van der Waals surface area contributed by atoms with E-state index in [-0.39, 0.29) is 82.6 Å². The molecule has 0 spiro atoms. The minimum absolute atomic E-state index is 0. The zero-order valence-corrected chi connectivity index (χ0v) is 27.2. The fourth-order valence-corrected chi connectivity index (χ4v) is 5.21. The van der Waals surface area contributed by atoms with Crippen LogP contribution in [0.3, 0.4) is 0 Å². The molecule has 29 heavy (non-hydrogen) atoms. The van der Waals surface area contributed by atoms with Gasteiger partial charge in [0.2, 0.25) is 0 Å². The second-order valence-electron chi connectivity index (χ2n) is 2.65. The van der Waals surface area contributed by atoms with Gasteiger partial charge in [0.1, 0.15) is 0 Å². The average Bonchev–Trinajstić information content (AvgIpc) is 1.96. The van der Waals surface area contributed by atoms with Crippen LogP contribution in [-0.2, 0) is 136 Å². The first-order valence-corrected chi connectivity index (χ1v) is 16.5. The van der Waals surface area contributed by atoms with Crippen molar-refractivity contribution in [2.24, 2.45) is 0 Å². The fraction of sp³-hybridized carbons (Fsp3) is 0. The largest absolute Gasteiger partial charge is 3.00 e. The monoisotopic (exact) mass is 929 g/mol. The zero-order valence-electron chi connectivity index (χ0n) is 12.2. The standard InChI is InChI=1S/6Cr.21O.2Pr/q;;;;;;;;;;;;;;;;;;;;;6*-1;2*+3. The molecule has 0 fully saturated rings. The molecule has 0 unspecified atom stereocenters. The molecule has 0 amide bonds. The van der Waals surface area contributed by atoms with Crippen molar-refractivity contribution in [3.63, 3.8) is 0 Å². The van der Waals surface area contributed by atoms with Crippen LogP contribution in [0, 0.1) is 82.6 Å². The molecule has 29 heteroatoms. The summed E-state index contributed by atoms with van der Waals surface area (Å²) in [6.45, 7) is 0. The normalized spacial score (nSPS) is 12.6. The second kappa shape index (κ2) is 15.9. The van der Waals surface area contributed by atoms with E-state index in [0.717, 1.165) is 0 Å². The molecule has 0 rings (SSSR count). The van der Waals surface area contributed by atoms with Crippen molar-refractivity contribution < 1.29 is 243 Å². The van der Waals surface area contributed by atoms with Crippen molar-refractivity contribution in [1.29, 1.82) is 0 Å². The van der Waals surface area contributed by atoms with Crippen LogP contribution >= 0.6 is 0 Å². The fourth-order valence-electron chi connectivity index (χ4n) is 0.306. The van der Waals surface area contributed by atoms with E-state index in [0.29, 0.717) is 0 Å². The van der Waals surface area contributed by atoms with E-state index in [9.17, 15) is 70.6 Å². The molecule has 0 saturated heterocycles. The molecular weight excluding hydrogens is 930 g/mol. The van der Waals surface area contributed by atoms with Crippen molar-refractivity contribution in [1.82, 2.24) is 0 Å². The summed E-state index contributed by atoms with van der Waals surface area (Å²) < 4.78 is 177. The summed E-state index contributed by atoms with van der Waals surface area (Å²) in [5.41, 5.74) is 0. The Hall–Kier alpha value is 3.16. The maximum Gasteiger partial charge on any atom is 3.00 e. The van der Waals surface area contributed by atoms with E-state index in [4.69, 9.17) is 0 Å². The van der Waals surface area contributed by atoms with Gasteiger partial charge in [-0.2, -0.15) is 0 Å². The van der Waals surface area contributed by atoms with Gasteiger partial charge in [-0.25, -0.2) is 0 Å². The van der Waals surface area contributed by atoms with E-state index >= 15 is 0 Å². The summed E-state index contributed by atoms with van der Waals surface area (Å²) in [5.74, 6) is 0. The van der Waals surface area contributed by atoms with Crippen molar-refractivity contribution in [2.45, 2.75) is 0 Å². The Morgan fingerprint density at radius 1 is 0.310 bits per heavy atom. The van der Waals surface area contributed by atoms with E-state index in [2.05, 4.69) is 8.52 Å². The minimum atomic E-state index is -6.07. The molecule has 168 valence electrons. The van der Waals surface area contributed by atoms with Crippen LogP contribution in [0.15, 0.2) is 0 Å². The SMILES string of the molecule is [O]=[Cr](=[O])([O-])[O][Cr](=[O])(=[O])[O-].[O]=[Cr](=[O])([O-])[O][Cr](=[O])(=[O])[O-].[O]=[Cr](=[O])([O-])[O][Cr](=[O])(=[O])[O-].[Pr+3].[Pr+3]. The van der Waals surface area contributed by atoms with E-state index < -0.39 is 81.7 Å². The topological polar surface area (TPSA) is 371 Å². The third kappa shape index (κ3) is 59.2. The van der Waals surface area contributed by atoms with Crippen molar-refractivity contribution in [3.8, 4) is 0 Å². The van der Waals surface area contributed by atoms with Crippen molar-refractivity contribution in [3.05, 3.63) is 0 Å². The van der Waals surface area contributed by atoms with Crippen LogP contribution < -0.4 is 24.9 Å². The summed E-state index contributed by atoms with van der Waals surface area (Å²) in [4.78, 5) is 0. The first kappa shape index (κ1) is 42.3. The van der Waals surface area contributed by atoms with Crippen LogP contribution in [0.2, 0.25) is 0 Å². The smallest absolute Gasteiger partial charge is 3.00 e. The number of hydrogen-bond acceptors (Lipinski definition) is 21. The molecule has 0 aliphatic carbocycles. The van der Waals surface area contributed by atoms with Crippen LogP contribution in [0.5, 0.6) is 0 Å². The van der Waals surface area contributed by atoms with Gasteiger partial charge >= 0.3 is 243 Å². The Morgan fingerprint density at radius 2 is 0.379 bits per heavy atom. The van der Waals surface area contributed by atoms with Gasteiger partial charge in [-0.3, -0.25) is 0 Å². The minimum Gasteiger partial charge on any atom is 3.00 e. The van der Waals surface area contributed by atoms with Crippen LogP contribution in [-0.4, -0.2) is 0 Å². The summed E-state index contributed by atoms with van der Waals surface area (Å²) in [5, 5.41) is 0. The van der Waals surface area contributed by atoms with Gasteiger partial charge in [-0.1, -0.05) is 0 Å². The summed E-state index contributed by atoms with van der Waals surface area (Å²) in [6.07, 6.45) is 0. The van der Waals surface area contributed by atoms with Crippen LogP contribution in [0.1, 0.15) is 0 Å². The molecule has 0 aromatic carbocycles. The van der Waals surface area contributed by atoms with Crippen LogP contribution in [0.25, 0.3) is 0 Å². The molecule has 0 saturated carbocycles. The first-order chi connectivity index (χ1) is 11.1. The zero-order chi connectivity index (χ0) is 23.1. The van der Waals surface area contributed by atoms with Gasteiger partial charge in [0.25, 0.3) is 0 Å². The Morgan fingerprint density at radius 3 is 0.379 bits per heavy atom. The average molecular weight is 930 g/mol. The Kier molecular flexibility index (Phi) is 23.3. The third-order valence-electron chi connectivity index (χ3n) is 0.500. The first-order valence-electron chi connectivity index (χ1n) is 4.00. The van der Waals surface area contributed by atoms with E-state index in [1.54, 1.807) is 0 Å². The van der Waals surface area contributed by atoms with E-state index in [1.165, 1.54) is 0 Å². The van der Waals surface area contributed by atoms with Crippen molar-refractivity contribution >= 4 is 0 Å². The summed E-state index contributed by atoms with van der Waals surface area (Å²) in [7, 11) is 0. The van der Waals surface area contributed by atoms with Gasteiger partial charge in [-0.05, 0) is 0 Å². The van der Waals surface area contributed by atoms with Gasteiger partial charge in [0.15, 0.2) is 0 Å².